The van der Waals surface area contributed by atoms with Crippen LogP contribution >= 0.6 is 0 Å². The van der Waals surface area contributed by atoms with Crippen molar-refractivity contribution in [3.05, 3.63) is 29.8 Å². The summed E-state index contributed by atoms with van der Waals surface area (Å²) in [5.41, 5.74) is 1.11. The number of hydrogen-bond donors (Lipinski definition) is 2. The number of carbonyl (C=O) groups is 1. The summed E-state index contributed by atoms with van der Waals surface area (Å²) in [6.45, 7) is 6.87. The van der Waals surface area contributed by atoms with Crippen molar-refractivity contribution in [2.75, 3.05) is 13.1 Å². The number of nitrogens with one attached hydrogen (secondary N) is 2. The van der Waals surface area contributed by atoms with Crippen molar-refractivity contribution < 1.29 is 9.53 Å². The third-order valence-electron chi connectivity index (χ3n) is 3.59. The van der Waals surface area contributed by atoms with Crippen molar-refractivity contribution in [3.8, 4) is 5.75 Å². The zero-order chi connectivity index (χ0) is 15.1. The first kappa shape index (κ1) is 15.8. The Morgan fingerprint density at radius 2 is 2.14 bits per heavy atom. The van der Waals surface area contributed by atoms with E-state index in [-0.39, 0.29) is 12.0 Å². The smallest absolute Gasteiger partial charge is 0.261 e. The molecule has 2 rings (SSSR count). The van der Waals surface area contributed by atoms with Crippen LogP contribution in [0.15, 0.2) is 24.3 Å². The van der Waals surface area contributed by atoms with Gasteiger partial charge in [0.15, 0.2) is 6.10 Å². The fourth-order valence-corrected chi connectivity index (χ4v) is 2.44. The van der Waals surface area contributed by atoms with Crippen LogP contribution in [-0.2, 0) is 11.3 Å². The van der Waals surface area contributed by atoms with Crippen molar-refractivity contribution in [2.24, 2.45) is 5.92 Å². The van der Waals surface area contributed by atoms with Gasteiger partial charge in [0.1, 0.15) is 5.75 Å². The number of rotatable bonds is 6. The first-order chi connectivity index (χ1) is 10.2. The molecule has 0 spiro atoms. The average molecular weight is 290 g/mol. The van der Waals surface area contributed by atoms with Crippen LogP contribution < -0.4 is 15.4 Å². The van der Waals surface area contributed by atoms with Gasteiger partial charge in [-0.15, -0.1) is 0 Å². The standard InChI is InChI=1S/C17H26N2O2/c1-13(2)11-18-12-14-7-3-4-8-15(14)21-16-9-5-6-10-19-17(16)20/h3-4,7-8,13,16,18H,5-6,9-12H2,1-2H3,(H,19,20). The number of ether oxygens (including phenoxy) is 1. The van der Waals surface area contributed by atoms with E-state index < -0.39 is 0 Å². The normalized spacial score (nSPS) is 19.2. The molecule has 2 N–H and O–H groups in total. The summed E-state index contributed by atoms with van der Waals surface area (Å²) in [5.74, 6) is 1.44. The first-order valence-corrected chi connectivity index (χ1v) is 7.90. The van der Waals surface area contributed by atoms with Gasteiger partial charge in [-0.1, -0.05) is 32.0 Å². The molecule has 0 bridgehead atoms. The lowest BCUT2D eigenvalue weighted by molar-refractivity contribution is -0.127. The minimum Gasteiger partial charge on any atom is -0.480 e. The molecule has 0 aliphatic carbocycles. The fraction of sp³-hybridized carbons (Fsp3) is 0.588. The third kappa shape index (κ3) is 5.05. The summed E-state index contributed by atoms with van der Waals surface area (Å²) in [5, 5.41) is 6.33. The molecule has 21 heavy (non-hydrogen) atoms. The lowest BCUT2D eigenvalue weighted by atomic mass is 10.1. The van der Waals surface area contributed by atoms with Crippen LogP contribution in [0.3, 0.4) is 0 Å². The van der Waals surface area contributed by atoms with Gasteiger partial charge in [-0.25, -0.2) is 0 Å². The lowest BCUT2D eigenvalue weighted by Crippen LogP contribution is -2.36. The monoisotopic (exact) mass is 290 g/mol. The Kier molecular flexibility index (Phi) is 6.05. The van der Waals surface area contributed by atoms with Gasteiger partial charge in [0.25, 0.3) is 5.91 Å². The molecular formula is C17H26N2O2. The second kappa shape index (κ2) is 8.03. The second-order valence-corrected chi connectivity index (χ2v) is 6.03. The van der Waals surface area contributed by atoms with Crippen molar-refractivity contribution in [2.45, 2.75) is 45.8 Å². The van der Waals surface area contributed by atoms with Gasteiger partial charge >= 0.3 is 0 Å². The van der Waals surface area contributed by atoms with Gasteiger partial charge < -0.3 is 15.4 Å². The van der Waals surface area contributed by atoms with Crippen LogP contribution in [0.5, 0.6) is 5.75 Å². The molecule has 1 aromatic carbocycles. The zero-order valence-electron chi connectivity index (χ0n) is 13.0. The number of carbonyl (C=O) groups excluding carboxylic acids is 1. The van der Waals surface area contributed by atoms with Crippen LogP contribution in [-0.4, -0.2) is 25.1 Å². The SMILES string of the molecule is CC(C)CNCc1ccccc1OC1CCCCNC1=O. The van der Waals surface area contributed by atoms with E-state index in [2.05, 4.69) is 30.5 Å². The Morgan fingerprint density at radius 3 is 2.95 bits per heavy atom. The average Bonchev–Trinajstić information content (AvgIpc) is 2.66. The summed E-state index contributed by atoms with van der Waals surface area (Å²) < 4.78 is 5.98. The zero-order valence-corrected chi connectivity index (χ0v) is 13.0. The van der Waals surface area contributed by atoms with Crippen molar-refractivity contribution in [1.82, 2.24) is 10.6 Å². The number of para-hydroxylation sites is 1. The fourth-order valence-electron chi connectivity index (χ4n) is 2.44. The molecule has 4 nitrogen and oxygen atoms in total. The summed E-state index contributed by atoms with van der Waals surface area (Å²) in [7, 11) is 0. The molecule has 1 aromatic rings. The Bertz CT molecular complexity index is 460. The summed E-state index contributed by atoms with van der Waals surface area (Å²) >= 11 is 0. The van der Waals surface area contributed by atoms with Gasteiger partial charge in [-0.05, 0) is 37.8 Å². The minimum atomic E-state index is -0.362. The van der Waals surface area contributed by atoms with E-state index in [1.807, 2.05) is 18.2 Å². The first-order valence-electron chi connectivity index (χ1n) is 7.90. The predicted octanol–water partition coefficient (Wildman–Crippen LogP) is 2.48. The topological polar surface area (TPSA) is 50.4 Å². The highest BCUT2D eigenvalue weighted by Crippen LogP contribution is 2.21. The highest BCUT2D eigenvalue weighted by molar-refractivity contribution is 5.81. The minimum absolute atomic E-state index is 0.0115. The number of amides is 1. The molecule has 1 saturated heterocycles. The van der Waals surface area contributed by atoms with E-state index in [1.165, 1.54) is 0 Å². The number of hydrogen-bond acceptors (Lipinski definition) is 3. The lowest BCUT2D eigenvalue weighted by Gasteiger charge is -2.19. The molecule has 0 saturated carbocycles. The second-order valence-electron chi connectivity index (χ2n) is 6.03. The molecule has 116 valence electrons. The molecule has 1 fully saturated rings. The van der Waals surface area contributed by atoms with Crippen LogP contribution in [0.25, 0.3) is 0 Å². The van der Waals surface area contributed by atoms with Gasteiger partial charge in [-0.2, -0.15) is 0 Å². The number of benzene rings is 1. The van der Waals surface area contributed by atoms with Gasteiger partial charge in [0, 0.05) is 18.7 Å². The highest BCUT2D eigenvalue weighted by atomic mass is 16.5. The van der Waals surface area contributed by atoms with Gasteiger partial charge in [-0.3, -0.25) is 4.79 Å². The highest BCUT2D eigenvalue weighted by Gasteiger charge is 2.23. The Morgan fingerprint density at radius 1 is 1.33 bits per heavy atom. The molecule has 1 aliphatic rings. The van der Waals surface area contributed by atoms with Crippen molar-refractivity contribution >= 4 is 5.91 Å². The predicted molar refractivity (Wildman–Crippen MR) is 84.3 cm³/mol. The Hall–Kier alpha value is -1.55. The molecule has 4 heteroatoms. The van der Waals surface area contributed by atoms with E-state index >= 15 is 0 Å². The van der Waals surface area contributed by atoms with Crippen LogP contribution in [0.2, 0.25) is 0 Å². The van der Waals surface area contributed by atoms with Crippen molar-refractivity contribution in [3.63, 3.8) is 0 Å². The largest absolute Gasteiger partial charge is 0.480 e. The summed E-state index contributed by atoms with van der Waals surface area (Å²) in [4.78, 5) is 12.0. The third-order valence-corrected chi connectivity index (χ3v) is 3.59. The van der Waals surface area contributed by atoms with E-state index in [0.717, 1.165) is 50.2 Å². The molecule has 1 heterocycles. The molecule has 1 aliphatic heterocycles. The maximum absolute atomic E-state index is 12.0. The van der Waals surface area contributed by atoms with E-state index in [9.17, 15) is 4.79 Å². The van der Waals surface area contributed by atoms with Gasteiger partial charge in [0.2, 0.25) is 0 Å². The molecule has 1 unspecified atom stereocenters. The Labute approximate surface area is 127 Å². The summed E-state index contributed by atoms with van der Waals surface area (Å²) in [6.07, 6.45) is 2.48. The van der Waals surface area contributed by atoms with E-state index in [4.69, 9.17) is 4.74 Å². The quantitative estimate of drug-likeness (QED) is 0.846. The molecule has 0 radical (unpaired) electrons. The molecule has 1 amide bonds. The molecule has 1 atom stereocenters. The van der Waals surface area contributed by atoms with E-state index in [1.54, 1.807) is 0 Å². The maximum Gasteiger partial charge on any atom is 0.261 e. The van der Waals surface area contributed by atoms with Gasteiger partial charge in [0.05, 0.1) is 0 Å². The van der Waals surface area contributed by atoms with Crippen LogP contribution in [0.4, 0.5) is 0 Å². The molecule has 0 aromatic heterocycles. The molecular weight excluding hydrogens is 264 g/mol. The summed E-state index contributed by atoms with van der Waals surface area (Å²) in [6, 6.07) is 7.96. The maximum atomic E-state index is 12.0. The van der Waals surface area contributed by atoms with Crippen molar-refractivity contribution in [1.29, 1.82) is 0 Å². The van der Waals surface area contributed by atoms with Crippen LogP contribution in [0, 0.1) is 5.92 Å². The van der Waals surface area contributed by atoms with E-state index in [0.29, 0.717) is 5.92 Å². The Balaban J connectivity index is 1.99. The van der Waals surface area contributed by atoms with Crippen LogP contribution in [0.1, 0.15) is 38.7 Å².